The minimum atomic E-state index is -0.316. The predicted molar refractivity (Wildman–Crippen MR) is 289 cm³/mol. The molecular formula is C62H46N6S. The molecule has 13 rings (SSSR count). The second-order valence-corrected chi connectivity index (χ2v) is 19.0. The lowest BCUT2D eigenvalue weighted by Gasteiger charge is -2.33. The van der Waals surface area contributed by atoms with E-state index in [0.29, 0.717) is 0 Å². The van der Waals surface area contributed by atoms with Crippen molar-refractivity contribution >= 4 is 70.6 Å². The second-order valence-electron chi connectivity index (χ2n) is 18.0. The largest absolute Gasteiger partial charge is 0.350 e. The zero-order valence-electron chi connectivity index (χ0n) is 37.7. The fourth-order valence-corrected chi connectivity index (χ4v) is 11.3. The van der Waals surface area contributed by atoms with Gasteiger partial charge in [0, 0.05) is 42.4 Å². The van der Waals surface area contributed by atoms with Crippen LogP contribution in [-0.2, 0) is 0 Å². The average Bonchev–Trinajstić information content (AvgIpc) is 3.81. The summed E-state index contributed by atoms with van der Waals surface area (Å²) in [4.78, 5) is 15.7. The van der Waals surface area contributed by atoms with E-state index < -0.39 is 0 Å². The van der Waals surface area contributed by atoms with Gasteiger partial charge in [0.15, 0.2) is 6.17 Å². The highest BCUT2D eigenvalue weighted by atomic mass is 32.1. The Labute approximate surface area is 404 Å². The number of fused-ring (bicyclic) bond motifs is 5. The number of nitrogens with zero attached hydrogens (tertiary/aromatic N) is 3. The van der Waals surface area contributed by atoms with Crippen LogP contribution in [-0.4, -0.2) is 23.7 Å². The molecular weight excluding hydrogens is 861 g/mol. The molecule has 0 spiro atoms. The summed E-state index contributed by atoms with van der Waals surface area (Å²) < 4.78 is 2.55. The van der Waals surface area contributed by atoms with E-state index in [1.807, 2.05) is 17.4 Å². The maximum absolute atomic E-state index is 5.44. The van der Waals surface area contributed by atoms with E-state index in [2.05, 4.69) is 228 Å². The highest BCUT2D eigenvalue weighted by Crippen LogP contribution is 2.43. The standard InChI is InChI=1S/C62H46N6S/c1-3-17-42(18-4-1)57-63-58(43-19-5-2-6-20-43)65-59(64-57)44-32-30-41(31-33-44)53-37-49(38-54-51-26-11-12-28-55(51)69-56(53)54)46-23-13-24-47(36-46)60-66-61(48-34-29-39-15-7-8-21-45(39)35-48)68-62(67-60)52-27-14-22-40-16-9-10-25-50(40)52/h1-5,7-19,21-38,58,60,62,67H,6,20H2,(H,66,68)(H,63,64,65). The zero-order chi connectivity index (χ0) is 45.7. The summed E-state index contributed by atoms with van der Waals surface area (Å²) in [6.07, 6.45) is 7.70. The van der Waals surface area contributed by atoms with Crippen LogP contribution in [0.4, 0.5) is 0 Å². The van der Waals surface area contributed by atoms with E-state index >= 15 is 0 Å². The summed E-state index contributed by atoms with van der Waals surface area (Å²) in [6, 6.07) is 72.0. The van der Waals surface area contributed by atoms with E-state index in [0.717, 1.165) is 69.3 Å². The molecule has 69 heavy (non-hydrogen) atoms. The Hall–Kier alpha value is -8.23. The van der Waals surface area contributed by atoms with Gasteiger partial charge in [0.2, 0.25) is 0 Å². The predicted octanol–water partition coefficient (Wildman–Crippen LogP) is 14.4. The van der Waals surface area contributed by atoms with Gasteiger partial charge in [-0.1, -0.05) is 188 Å². The maximum atomic E-state index is 5.44. The minimum Gasteiger partial charge on any atom is -0.350 e. The van der Waals surface area contributed by atoms with Crippen molar-refractivity contribution in [2.75, 3.05) is 0 Å². The molecule has 0 saturated carbocycles. The molecule has 0 saturated heterocycles. The quantitative estimate of drug-likeness (QED) is 0.142. The van der Waals surface area contributed by atoms with Crippen molar-refractivity contribution in [3.05, 3.63) is 252 Å². The fourth-order valence-electron chi connectivity index (χ4n) is 10.1. The van der Waals surface area contributed by atoms with Crippen molar-refractivity contribution in [3.8, 4) is 22.3 Å². The van der Waals surface area contributed by atoms with Gasteiger partial charge in [0.1, 0.15) is 29.8 Å². The molecule has 330 valence electrons. The van der Waals surface area contributed by atoms with Crippen LogP contribution in [0.3, 0.4) is 0 Å². The summed E-state index contributed by atoms with van der Waals surface area (Å²) >= 11 is 1.86. The van der Waals surface area contributed by atoms with E-state index in [-0.39, 0.29) is 18.5 Å². The Bertz CT molecular complexity index is 3780. The highest BCUT2D eigenvalue weighted by Gasteiger charge is 2.28. The Morgan fingerprint density at radius 2 is 1.17 bits per heavy atom. The lowest BCUT2D eigenvalue weighted by molar-refractivity contribution is 0.411. The van der Waals surface area contributed by atoms with E-state index in [9.17, 15) is 0 Å². The van der Waals surface area contributed by atoms with Crippen molar-refractivity contribution < 1.29 is 0 Å². The third-order valence-corrected chi connectivity index (χ3v) is 14.9. The highest BCUT2D eigenvalue weighted by molar-refractivity contribution is 7.26. The normalized spacial score (nSPS) is 18.1. The van der Waals surface area contributed by atoms with Gasteiger partial charge in [-0.25, -0.2) is 15.0 Å². The number of amidine groups is 3. The van der Waals surface area contributed by atoms with Gasteiger partial charge in [-0.05, 0) is 98.1 Å². The molecule has 0 amide bonds. The number of allylic oxidation sites excluding steroid dienone is 3. The monoisotopic (exact) mass is 906 g/mol. The first kappa shape index (κ1) is 41.0. The van der Waals surface area contributed by atoms with Crippen molar-refractivity contribution in [2.24, 2.45) is 15.0 Å². The molecule has 7 heteroatoms. The van der Waals surface area contributed by atoms with Crippen molar-refractivity contribution in [3.63, 3.8) is 0 Å². The third-order valence-electron chi connectivity index (χ3n) is 13.7. The zero-order valence-corrected chi connectivity index (χ0v) is 38.5. The van der Waals surface area contributed by atoms with Crippen LogP contribution in [0.1, 0.15) is 53.0 Å². The molecule has 3 atom stereocenters. The SMILES string of the molecule is C1=CCCC(C2N=C(c3ccccc3)NC(c3ccc(-c4cc(-c5cccc(C6N=C(c7ccc8ccccc8c7)NC(c7cccc8ccccc78)N6)c5)cc5c4sc4ccccc45)cc3)=N2)=C1. The molecule has 0 fully saturated rings. The lowest BCUT2D eigenvalue weighted by atomic mass is 9.94. The Morgan fingerprint density at radius 3 is 2.01 bits per heavy atom. The van der Waals surface area contributed by atoms with Crippen LogP contribution in [0, 0.1) is 0 Å². The topological polar surface area (TPSA) is 73.2 Å². The maximum Gasteiger partial charge on any atom is 0.166 e. The third kappa shape index (κ3) is 7.81. The first-order valence-electron chi connectivity index (χ1n) is 23.7. The Kier molecular flexibility index (Phi) is 10.4. The van der Waals surface area contributed by atoms with Gasteiger partial charge in [-0.2, -0.15) is 0 Å². The molecule has 3 unspecified atom stereocenters. The van der Waals surface area contributed by atoms with Crippen molar-refractivity contribution in [2.45, 2.75) is 31.3 Å². The van der Waals surface area contributed by atoms with Crippen molar-refractivity contribution in [1.29, 1.82) is 0 Å². The Morgan fingerprint density at radius 1 is 0.478 bits per heavy atom. The molecule has 0 bridgehead atoms. The van der Waals surface area contributed by atoms with Gasteiger partial charge in [-0.3, -0.25) is 5.32 Å². The van der Waals surface area contributed by atoms with Gasteiger partial charge in [0.25, 0.3) is 0 Å². The van der Waals surface area contributed by atoms with Gasteiger partial charge < -0.3 is 10.6 Å². The average molecular weight is 907 g/mol. The van der Waals surface area contributed by atoms with Crippen molar-refractivity contribution in [1.82, 2.24) is 16.0 Å². The molecule has 3 N–H and O–H groups in total. The number of hydrogen-bond acceptors (Lipinski definition) is 7. The first-order valence-corrected chi connectivity index (χ1v) is 24.5. The van der Waals surface area contributed by atoms with E-state index in [4.69, 9.17) is 15.0 Å². The Balaban J connectivity index is 0.889. The molecule has 3 aliphatic rings. The van der Waals surface area contributed by atoms with Crippen LogP contribution >= 0.6 is 11.3 Å². The van der Waals surface area contributed by atoms with Gasteiger partial charge in [0.05, 0.1) is 0 Å². The molecule has 10 aromatic rings. The summed E-state index contributed by atoms with van der Waals surface area (Å²) in [7, 11) is 0. The number of hydrogen-bond donors (Lipinski definition) is 3. The number of rotatable bonds is 8. The molecule has 9 aromatic carbocycles. The van der Waals surface area contributed by atoms with Crippen LogP contribution in [0.25, 0.3) is 64.0 Å². The number of nitrogens with one attached hydrogen (secondary N) is 3. The summed E-state index contributed by atoms with van der Waals surface area (Å²) in [6.45, 7) is 0. The molecule has 1 aromatic heterocycles. The van der Waals surface area contributed by atoms with E-state index in [1.165, 1.54) is 58.4 Å². The minimum absolute atomic E-state index is 0.189. The smallest absolute Gasteiger partial charge is 0.166 e. The molecule has 1 aliphatic carbocycles. The molecule has 2 aliphatic heterocycles. The molecule has 6 nitrogen and oxygen atoms in total. The van der Waals surface area contributed by atoms with Crippen LogP contribution in [0.15, 0.2) is 239 Å². The molecule has 0 radical (unpaired) electrons. The van der Waals surface area contributed by atoms with Crippen LogP contribution in [0.5, 0.6) is 0 Å². The fraction of sp³-hybridized carbons (Fsp3) is 0.0806. The summed E-state index contributed by atoms with van der Waals surface area (Å²) in [5.41, 5.74) is 11.3. The number of benzene rings is 9. The summed E-state index contributed by atoms with van der Waals surface area (Å²) in [5, 5.41) is 18.7. The number of thiophene rings is 1. The first-order chi connectivity index (χ1) is 34.1. The van der Waals surface area contributed by atoms with Crippen LogP contribution in [0.2, 0.25) is 0 Å². The van der Waals surface area contributed by atoms with Gasteiger partial charge in [-0.15, -0.1) is 11.3 Å². The molecule has 3 heterocycles. The second kappa shape index (κ2) is 17.4. The lowest BCUT2D eigenvalue weighted by Crippen LogP contribution is -2.45. The van der Waals surface area contributed by atoms with E-state index in [1.54, 1.807) is 0 Å². The number of aliphatic imine (C=N–C) groups is 3. The summed E-state index contributed by atoms with van der Waals surface area (Å²) in [5.74, 6) is 2.53. The van der Waals surface area contributed by atoms with Crippen LogP contribution < -0.4 is 16.0 Å². The van der Waals surface area contributed by atoms with Gasteiger partial charge >= 0.3 is 0 Å².